The summed E-state index contributed by atoms with van der Waals surface area (Å²) in [4.78, 5) is 25.5. The number of carboxylic acids is 1. The second-order valence-corrected chi connectivity index (χ2v) is 7.15. The quantitative estimate of drug-likeness (QED) is 0.794. The van der Waals surface area contributed by atoms with Crippen LogP contribution in [0.4, 0.5) is 0 Å². The molecule has 2 heterocycles. The van der Waals surface area contributed by atoms with E-state index in [-0.39, 0.29) is 17.0 Å². The molecular formula is C19H26N4O4. The van der Waals surface area contributed by atoms with Crippen molar-refractivity contribution in [3.8, 4) is 5.75 Å². The Kier molecular flexibility index (Phi) is 5.65. The number of benzene rings is 1. The van der Waals surface area contributed by atoms with Crippen molar-refractivity contribution in [2.75, 3.05) is 13.1 Å². The number of carbonyl (C=O) groups is 1. The van der Waals surface area contributed by atoms with Gasteiger partial charge in [0.1, 0.15) is 17.1 Å². The lowest BCUT2D eigenvalue weighted by atomic mass is 9.93. The third kappa shape index (κ3) is 4.21. The number of hydrogen-bond donors (Lipinski definition) is 2. The van der Waals surface area contributed by atoms with E-state index in [1.165, 1.54) is 16.8 Å². The molecule has 2 aromatic rings. The number of likely N-dealkylation sites (tertiary alicyclic amines) is 1. The van der Waals surface area contributed by atoms with Crippen molar-refractivity contribution < 1.29 is 15.0 Å². The largest absolute Gasteiger partial charge is 0.507 e. The fourth-order valence-corrected chi connectivity index (χ4v) is 3.74. The minimum Gasteiger partial charge on any atom is -0.507 e. The van der Waals surface area contributed by atoms with Gasteiger partial charge in [-0.2, -0.15) is 5.10 Å². The van der Waals surface area contributed by atoms with Crippen LogP contribution in [-0.2, 0) is 26.6 Å². The van der Waals surface area contributed by atoms with E-state index in [0.29, 0.717) is 19.0 Å². The molecule has 0 aliphatic carbocycles. The molecule has 0 spiro atoms. The van der Waals surface area contributed by atoms with E-state index in [2.05, 4.69) is 10.00 Å². The van der Waals surface area contributed by atoms with Gasteiger partial charge in [0.15, 0.2) is 0 Å². The Labute approximate surface area is 157 Å². The van der Waals surface area contributed by atoms with Gasteiger partial charge in [0, 0.05) is 26.6 Å². The lowest BCUT2D eigenvalue weighted by Gasteiger charge is -2.31. The maximum absolute atomic E-state index is 12.0. The molecule has 2 N–H and O–H groups in total. The van der Waals surface area contributed by atoms with Gasteiger partial charge in [0.2, 0.25) is 0 Å². The number of carboxylic acid groups (broad SMARTS) is 1. The van der Waals surface area contributed by atoms with E-state index in [9.17, 15) is 14.7 Å². The zero-order valence-corrected chi connectivity index (χ0v) is 15.8. The van der Waals surface area contributed by atoms with Crippen molar-refractivity contribution in [1.29, 1.82) is 0 Å². The molecule has 0 radical (unpaired) electrons. The molecule has 1 aromatic carbocycles. The smallest absolute Gasteiger partial charge is 0.345 e. The van der Waals surface area contributed by atoms with Crippen LogP contribution in [0.15, 0.2) is 23.0 Å². The van der Waals surface area contributed by atoms with Gasteiger partial charge < -0.3 is 10.2 Å². The maximum Gasteiger partial charge on any atom is 0.345 e. The number of hydrogen-bond acceptors (Lipinski definition) is 5. The van der Waals surface area contributed by atoms with Crippen LogP contribution in [-0.4, -0.2) is 48.5 Å². The van der Waals surface area contributed by atoms with Crippen molar-refractivity contribution >= 4 is 5.97 Å². The summed E-state index contributed by atoms with van der Waals surface area (Å²) in [6, 6.07) is 4.75. The van der Waals surface area contributed by atoms with Crippen LogP contribution in [0.5, 0.6) is 5.75 Å². The Hall–Kier alpha value is -2.61. The Morgan fingerprint density at radius 2 is 2.00 bits per heavy atom. The van der Waals surface area contributed by atoms with Gasteiger partial charge in [0.05, 0.1) is 0 Å². The van der Waals surface area contributed by atoms with Crippen molar-refractivity contribution in [3.05, 3.63) is 45.6 Å². The average Bonchev–Trinajstić information content (AvgIpc) is 2.91. The Balaban J connectivity index is 1.58. The van der Waals surface area contributed by atoms with Crippen LogP contribution in [0.2, 0.25) is 0 Å². The number of rotatable bonds is 6. The SMILES string of the molecule is CCn1c(CC2CCN(Cc3ccc(O)c(C(=O)O)c3)CC2)nn(C)c1=O. The zero-order valence-electron chi connectivity index (χ0n) is 15.8. The molecule has 146 valence electrons. The summed E-state index contributed by atoms with van der Waals surface area (Å²) in [5.41, 5.74) is 0.759. The lowest BCUT2D eigenvalue weighted by Crippen LogP contribution is -2.34. The standard InChI is InChI=1S/C19H26N4O4/c1-3-23-17(20-21(2)19(23)27)11-13-6-8-22(9-7-13)12-14-4-5-16(24)15(10-14)18(25)26/h4-5,10,13,24H,3,6-9,11-12H2,1-2H3,(H,25,26). The predicted octanol–water partition coefficient (Wildman–Crippen LogP) is 1.46. The van der Waals surface area contributed by atoms with Crippen molar-refractivity contribution in [3.63, 3.8) is 0 Å². The molecule has 1 fully saturated rings. The van der Waals surface area contributed by atoms with Crippen LogP contribution in [0.1, 0.15) is 41.5 Å². The Bertz CT molecular complexity index is 878. The van der Waals surface area contributed by atoms with Crippen LogP contribution in [0, 0.1) is 5.92 Å². The van der Waals surface area contributed by atoms with E-state index in [1.807, 2.05) is 6.92 Å². The minimum atomic E-state index is -1.12. The summed E-state index contributed by atoms with van der Waals surface area (Å²) < 4.78 is 3.13. The molecule has 1 aliphatic rings. The lowest BCUT2D eigenvalue weighted by molar-refractivity contribution is 0.0693. The monoisotopic (exact) mass is 374 g/mol. The molecule has 0 saturated carbocycles. The Morgan fingerprint density at radius 3 is 2.63 bits per heavy atom. The van der Waals surface area contributed by atoms with Crippen LogP contribution in [0.25, 0.3) is 0 Å². The molecule has 27 heavy (non-hydrogen) atoms. The first-order chi connectivity index (χ1) is 12.9. The molecule has 0 amide bonds. The van der Waals surface area contributed by atoms with Gasteiger partial charge in [-0.3, -0.25) is 9.47 Å². The Morgan fingerprint density at radius 1 is 1.30 bits per heavy atom. The van der Waals surface area contributed by atoms with E-state index in [0.717, 1.165) is 43.7 Å². The normalized spacial score (nSPS) is 15.9. The number of piperidine rings is 1. The van der Waals surface area contributed by atoms with E-state index in [1.54, 1.807) is 17.7 Å². The highest BCUT2D eigenvalue weighted by Crippen LogP contribution is 2.24. The number of aromatic carboxylic acids is 1. The van der Waals surface area contributed by atoms with Crippen LogP contribution < -0.4 is 5.69 Å². The van der Waals surface area contributed by atoms with Gasteiger partial charge in [-0.15, -0.1) is 0 Å². The first kappa shape index (κ1) is 19.2. The molecule has 0 bridgehead atoms. The molecule has 1 saturated heterocycles. The molecular weight excluding hydrogens is 348 g/mol. The molecule has 8 nitrogen and oxygen atoms in total. The second-order valence-electron chi connectivity index (χ2n) is 7.15. The second kappa shape index (κ2) is 7.96. The van der Waals surface area contributed by atoms with Crippen molar-refractivity contribution in [2.24, 2.45) is 13.0 Å². The number of aromatic hydroxyl groups is 1. The summed E-state index contributed by atoms with van der Waals surface area (Å²) in [6.07, 6.45) is 2.83. The number of aryl methyl sites for hydroxylation is 1. The molecule has 1 aromatic heterocycles. The van der Waals surface area contributed by atoms with Gasteiger partial charge in [-0.25, -0.2) is 14.3 Å². The minimum absolute atomic E-state index is 0.0601. The first-order valence-electron chi connectivity index (χ1n) is 9.29. The highest BCUT2D eigenvalue weighted by Gasteiger charge is 2.22. The van der Waals surface area contributed by atoms with Gasteiger partial charge in [-0.05, 0) is 56.5 Å². The third-order valence-corrected chi connectivity index (χ3v) is 5.28. The fraction of sp³-hybridized carbons (Fsp3) is 0.526. The predicted molar refractivity (Wildman–Crippen MR) is 99.9 cm³/mol. The first-order valence-corrected chi connectivity index (χ1v) is 9.29. The highest BCUT2D eigenvalue weighted by atomic mass is 16.4. The van der Waals surface area contributed by atoms with Crippen molar-refractivity contribution in [1.82, 2.24) is 19.2 Å². The summed E-state index contributed by atoms with van der Waals surface area (Å²) >= 11 is 0. The van der Waals surface area contributed by atoms with Crippen LogP contribution >= 0.6 is 0 Å². The molecule has 0 atom stereocenters. The summed E-state index contributed by atoms with van der Waals surface area (Å²) in [5, 5.41) is 23.1. The van der Waals surface area contributed by atoms with Gasteiger partial charge in [-0.1, -0.05) is 6.07 Å². The number of phenols is 1. The molecule has 3 rings (SSSR count). The molecule has 1 aliphatic heterocycles. The third-order valence-electron chi connectivity index (χ3n) is 5.28. The summed E-state index contributed by atoms with van der Waals surface area (Å²) in [7, 11) is 1.68. The van der Waals surface area contributed by atoms with Crippen LogP contribution in [0.3, 0.4) is 0 Å². The average molecular weight is 374 g/mol. The highest BCUT2D eigenvalue weighted by molar-refractivity contribution is 5.90. The van der Waals surface area contributed by atoms with Crippen molar-refractivity contribution in [2.45, 2.75) is 39.3 Å². The van der Waals surface area contributed by atoms with Gasteiger partial charge in [0.25, 0.3) is 0 Å². The number of nitrogens with zero attached hydrogens (tertiary/aromatic N) is 4. The number of aromatic nitrogens is 3. The summed E-state index contributed by atoms with van der Waals surface area (Å²) in [5.74, 6) is 0.0171. The zero-order chi connectivity index (χ0) is 19.6. The van der Waals surface area contributed by atoms with E-state index < -0.39 is 5.97 Å². The maximum atomic E-state index is 12.0. The molecule has 8 heteroatoms. The summed E-state index contributed by atoms with van der Waals surface area (Å²) in [6.45, 7) is 5.08. The molecule has 0 unspecified atom stereocenters. The van der Waals surface area contributed by atoms with E-state index in [4.69, 9.17) is 5.11 Å². The topological polar surface area (TPSA) is 101 Å². The fourth-order valence-electron chi connectivity index (χ4n) is 3.74. The van der Waals surface area contributed by atoms with E-state index >= 15 is 0 Å². The van der Waals surface area contributed by atoms with Gasteiger partial charge >= 0.3 is 11.7 Å².